The van der Waals surface area contributed by atoms with Gasteiger partial charge in [-0.3, -0.25) is 0 Å². The second-order valence-electron chi connectivity index (χ2n) is 4.15. The smallest absolute Gasteiger partial charge is 0.170 e. The number of hydrogen-bond acceptors (Lipinski definition) is 3. The lowest BCUT2D eigenvalue weighted by molar-refractivity contribution is 0.589. The quantitative estimate of drug-likeness (QED) is 0.641. The fourth-order valence-electron chi connectivity index (χ4n) is 1.16. The highest BCUT2D eigenvalue weighted by Crippen LogP contribution is 2.25. The maximum atomic E-state index is 4.31. The molecule has 2 aromatic rings. The van der Waals surface area contributed by atoms with Crippen molar-refractivity contribution in [3.8, 4) is 0 Å². The van der Waals surface area contributed by atoms with Crippen LogP contribution in [0.2, 0.25) is 0 Å². The first kappa shape index (κ1) is 8.63. The van der Waals surface area contributed by atoms with Crippen LogP contribution >= 0.6 is 11.3 Å². The van der Waals surface area contributed by atoms with Crippen LogP contribution in [-0.4, -0.2) is 9.97 Å². The number of hydrogen-bond donors (Lipinski definition) is 0. The Labute approximate surface area is 81.7 Å². The SMILES string of the molecule is CC(C)(C)c1cnc2ncsc2c1. The maximum absolute atomic E-state index is 4.31. The van der Waals surface area contributed by atoms with Gasteiger partial charge in [0.1, 0.15) is 0 Å². The molecule has 2 heterocycles. The highest BCUT2D eigenvalue weighted by atomic mass is 32.1. The first-order valence-corrected chi connectivity index (χ1v) is 5.15. The molecular formula is C10H12N2S. The van der Waals surface area contributed by atoms with Crippen LogP contribution in [-0.2, 0) is 5.41 Å². The van der Waals surface area contributed by atoms with Crippen molar-refractivity contribution < 1.29 is 0 Å². The lowest BCUT2D eigenvalue weighted by atomic mass is 9.88. The van der Waals surface area contributed by atoms with E-state index in [2.05, 4.69) is 36.8 Å². The van der Waals surface area contributed by atoms with Gasteiger partial charge in [0.05, 0.1) is 10.2 Å². The summed E-state index contributed by atoms with van der Waals surface area (Å²) < 4.78 is 1.17. The van der Waals surface area contributed by atoms with Gasteiger partial charge in [0, 0.05) is 6.20 Å². The van der Waals surface area contributed by atoms with Crippen molar-refractivity contribution in [3.05, 3.63) is 23.3 Å². The van der Waals surface area contributed by atoms with Gasteiger partial charge in [-0.2, -0.15) is 0 Å². The van der Waals surface area contributed by atoms with Crippen LogP contribution in [0.3, 0.4) is 0 Å². The molecule has 13 heavy (non-hydrogen) atoms. The molecule has 0 aliphatic carbocycles. The molecule has 0 aliphatic rings. The van der Waals surface area contributed by atoms with Crippen LogP contribution in [0.1, 0.15) is 26.3 Å². The number of aromatic nitrogens is 2. The Morgan fingerprint density at radius 2 is 2.00 bits per heavy atom. The summed E-state index contributed by atoms with van der Waals surface area (Å²) in [5.74, 6) is 0. The van der Waals surface area contributed by atoms with Gasteiger partial charge in [-0.1, -0.05) is 20.8 Å². The van der Waals surface area contributed by atoms with Crippen molar-refractivity contribution in [2.45, 2.75) is 26.2 Å². The monoisotopic (exact) mass is 192 g/mol. The second kappa shape index (κ2) is 2.77. The van der Waals surface area contributed by atoms with Crippen molar-refractivity contribution in [2.75, 3.05) is 0 Å². The number of pyridine rings is 1. The summed E-state index contributed by atoms with van der Waals surface area (Å²) in [6.45, 7) is 6.57. The molecule has 0 radical (unpaired) electrons. The maximum Gasteiger partial charge on any atom is 0.170 e. The van der Waals surface area contributed by atoms with E-state index >= 15 is 0 Å². The Hall–Kier alpha value is -0.960. The lowest BCUT2D eigenvalue weighted by Crippen LogP contribution is -2.10. The Morgan fingerprint density at radius 3 is 2.69 bits per heavy atom. The standard InChI is InChI=1S/C10H12N2S/c1-10(2,3)7-4-8-9(11-5-7)12-6-13-8/h4-6H,1-3H3. The molecular weight excluding hydrogens is 180 g/mol. The summed E-state index contributed by atoms with van der Waals surface area (Å²) in [6, 6.07) is 2.18. The van der Waals surface area contributed by atoms with Crippen molar-refractivity contribution in [3.63, 3.8) is 0 Å². The molecule has 0 amide bonds. The van der Waals surface area contributed by atoms with Crippen LogP contribution in [0.25, 0.3) is 10.3 Å². The van der Waals surface area contributed by atoms with Gasteiger partial charge >= 0.3 is 0 Å². The molecule has 68 valence electrons. The molecule has 0 bridgehead atoms. The van der Waals surface area contributed by atoms with Gasteiger partial charge in [-0.05, 0) is 17.0 Å². The Balaban J connectivity index is 2.61. The Bertz CT molecular complexity index is 426. The average Bonchev–Trinajstić information content (AvgIpc) is 2.47. The second-order valence-corrected chi connectivity index (χ2v) is 5.03. The zero-order chi connectivity index (χ0) is 9.47. The number of nitrogens with zero attached hydrogens (tertiary/aromatic N) is 2. The minimum absolute atomic E-state index is 0.172. The zero-order valence-corrected chi connectivity index (χ0v) is 8.85. The normalized spacial score (nSPS) is 12.2. The summed E-state index contributed by atoms with van der Waals surface area (Å²) in [6.07, 6.45) is 1.92. The summed E-state index contributed by atoms with van der Waals surface area (Å²) in [5, 5.41) is 0. The molecule has 2 nitrogen and oxygen atoms in total. The van der Waals surface area contributed by atoms with Gasteiger partial charge in [-0.15, -0.1) is 11.3 Å². The molecule has 0 spiro atoms. The van der Waals surface area contributed by atoms with Crippen LogP contribution in [0, 0.1) is 0 Å². The Kier molecular flexibility index (Phi) is 1.84. The van der Waals surface area contributed by atoms with Crippen LogP contribution in [0.5, 0.6) is 0 Å². The first-order valence-electron chi connectivity index (χ1n) is 4.27. The minimum Gasteiger partial charge on any atom is -0.236 e. The summed E-state index contributed by atoms with van der Waals surface area (Å²) >= 11 is 1.64. The molecule has 0 unspecified atom stereocenters. The molecule has 0 aliphatic heterocycles. The molecule has 3 heteroatoms. The van der Waals surface area contributed by atoms with Crippen molar-refractivity contribution >= 4 is 21.7 Å². The van der Waals surface area contributed by atoms with Crippen molar-refractivity contribution in [1.29, 1.82) is 0 Å². The minimum atomic E-state index is 0.172. The molecule has 0 atom stereocenters. The van der Waals surface area contributed by atoms with E-state index in [9.17, 15) is 0 Å². The predicted octanol–water partition coefficient (Wildman–Crippen LogP) is 2.99. The molecule has 0 aromatic carbocycles. The van der Waals surface area contributed by atoms with E-state index in [1.807, 2.05) is 11.7 Å². The molecule has 0 N–H and O–H groups in total. The van der Waals surface area contributed by atoms with Crippen molar-refractivity contribution in [2.24, 2.45) is 0 Å². The van der Waals surface area contributed by atoms with Crippen LogP contribution in [0.15, 0.2) is 17.8 Å². The predicted molar refractivity (Wildman–Crippen MR) is 56.1 cm³/mol. The topological polar surface area (TPSA) is 25.8 Å². The van der Waals surface area contributed by atoms with E-state index in [0.717, 1.165) is 5.65 Å². The van der Waals surface area contributed by atoms with Crippen molar-refractivity contribution in [1.82, 2.24) is 9.97 Å². The lowest BCUT2D eigenvalue weighted by Gasteiger charge is -2.17. The zero-order valence-electron chi connectivity index (χ0n) is 8.03. The summed E-state index contributed by atoms with van der Waals surface area (Å²) in [5.41, 5.74) is 4.14. The molecule has 0 saturated carbocycles. The fourth-order valence-corrected chi connectivity index (χ4v) is 1.84. The van der Waals surface area contributed by atoms with Gasteiger partial charge < -0.3 is 0 Å². The van der Waals surface area contributed by atoms with E-state index in [0.29, 0.717) is 0 Å². The van der Waals surface area contributed by atoms with E-state index in [-0.39, 0.29) is 5.41 Å². The third-order valence-electron chi connectivity index (χ3n) is 2.05. The largest absolute Gasteiger partial charge is 0.236 e. The number of thiazole rings is 1. The van der Waals surface area contributed by atoms with Gasteiger partial charge in [0.25, 0.3) is 0 Å². The van der Waals surface area contributed by atoms with Gasteiger partial charge in [0.2, 0.25) is 0 Å². The highest BCUT2D eigenvalue weighted by Gasteiger charge is 2.14. The molecule has 0 fully saturated rings. The Morgan fingerprint density at radius 1 is 1.23 bits per heavy atom. The molecule has 2 aromatic heterocycles. The van der Waals surface area contributed by atoms with E-state index in [4.69, 9.17) is 0 Å². The summed E-state index contributed by atoms with van der Waals surface area (Å²) in [7, 11) is 0. The summed E-state index contributed by atoms with van der Waals surface area (Å²) in [4.78, 5) is 8.46. The highest BCUT2D eigenvalue weighted by molar-refractivity contribution is 7.16. The third-order valence-corrected chi connectivity index (χ3v) is 2.82. The van der Waals surface area contributed by atoms with E-state index in [1.165, 1.54) is 10.3 Å². The van der Waals surface area contributed by atoms with Crippen LogP contribution < -0.4 is 0 Å². The van der Waals surface area contributed by atoms with E-state index < -0.39 is 0 Å². The van der Waals surface area contributed by atoms with Gasteiger partial charge in [-0.25, -0.2) is 9.97 Å². The van der Waals surface area contributed by atoms with Gasteiger partial charge in [0.15, 0.2) is 5.65 Å². The van der Waals surface area contributed by atoms with E-state index in [1.54, 1.807) is 11.3 Å². The van der Waals surface area contributed by atoms with Crippen LogP contribution in [0.4, 0.5) is 0 Å². The fraction of sp³-hybridized carbons (Fsp3) is 0.400. The first-order chi connectivity index (χ1) is 6.07. The third kappa shape index (κ3) is 1.56. The molecule has 2 rings (SSSR count). The number of rotatable bonds is 0. The number of fused-ring (bicyclic) bond motifs is 1. The molecule has 0 saturated heterocycles. The average molecular weight is 192 g/mol.